The van der Waals surface area contributed by atoms with Crippen molar-refractivity contribution in [3.63, 3.8) is 0 Å². The van der Waals surface area contributed by atoms with Crippen LogP contribution in [0.3, 0.4) is 0 Å². The summed E-state index contributed by atoms with van der Waals surface area (Å²) in [6.07, 6.45) is 9.94. The first-order chi connectivity index (χ1) is 18.6. The van der Waals surface area contributed by atoms with Gasteiger partial charge in [-0.2, -0.15) is 0 Å². The molecular weight excluding hydrogens is 484 g/mol. The lowest BCUT2D eigenvalue weighted by Crippen LogP contribution is -1.99. The van der Waals surface area contributed by atoms with Crippen LogP contribution in [0.2, 0.25) is 0 Å². The summed E-state index contributed by atoms with van der Waals surface area (Å²) in [4.78, 5) is 0. The summed E-state index contributed by atoms with van der Waals surface area (Å²) in [5, 5.41) is 0. The SMILES string of the molecule is COCOc1cccc(/C=C/CCCOc2cc(/C=C\c3cc(OC)c(OC)c(OC)c3)ccc2OC)c1. The van der Waals surface area contributed by atoms with Gasteiger partial charge in [0.25, 0.3) is 0 Å². The summed E-state index contributed by atoms with van der Waals surface area (Å²) < 4.78 is 38.3. The fourth-order valence-electron chi connectivity index (χ4n) is 3.74. The fourth-order valence-corrected chi connectivity index (χ4v) is 3.74. The van der Waals surface area contributed by atoms with E-state index in [2.05, 4.69) is 12.2 Å². The van der Waals surface area contributed by atoms with E-state index in [4.69, 9.17) is 33.2 Å². The second-order valence-corrected chi connectivity index (χ2v) is 8.22. The average molecular weight is 521 g/mol. The highest BCUT2D eigenvalue weighted by Gasteiger charge is 2.12. The Morgan fingerprint density at radius 1 is 0.605 bits per heavy atom. The van der Waals surface area contributed by atoms with E-state index in [9.17, 15) is 0 Å². The largest absolute Gasteiger partial charge is 0.493 e. The van der Waals surface area contributed by atoms with Gasteiger partial charge in [-0.1, -0.05) is 42.5 Å². The Balaban J connectivity index is 1.59. The van der Waals surface area contributed by atoms with Crippen LogP contribution in [0.4, 0.5) is 0 Å². The monoisotopic (exact) mass is 520 g/mol. The van der Waals surface area contributed by atoms with Gasteiger partial charge in [0, 0.05) is 7.11 Å². The molecule has 0 heterocycles. The maximum atomic E-state index is 6.06. The van der Waals surface area contributed by atoms with Gasteiger partial charge in [-0.15, -0.1) is 0 Å². The molecule has 0 unspecified atom stereocenters. The van der Waals surface area contributed by atoms with Gasteiger partial charge >= 0.3 is 0 Å². The van der Waals surface area contributed by atoms with E-state index in [1.54, 1.807) is 35.5 Å². The zero-order chi connectivity index (χ0) is 27.2. The highest BCUT2D eigenvalue weighted by molar-refractivity contribution is 5.73. The number of unbranched alkanes of at least 4 members (excludes halogenated alkanes) is 1. The van der Waals surface area contributed by atoms with Gasteiger partial charge < -0.3 is 33.2 Å². The van der Waals surface area contributed by atoms with E-state index in [1.165, 1.54) is 0 Å². The van der Waals surface area contributed by atoms with Crippen molar-refractivity contribution in [2.24, 2.45) is 0 Å². The van der Waals surface area contributed by atoms with Gasteiger partial charge in [-0.3, -0.25) is 0 Å². The van der Waals surface area contributed by atoms with Crippen LogP contribution in [0.1, 0.15) is 29.5 Å². The minimum Gasteiger partial charge on any atom is -0.493 e. The number of methoxy groups -OCH3 is 5. The van der Waals surface area contributed by atoms with Crippen molar-refractivity contribution in [2.75, 3.05) is 48.9 Å². The van der Waals surface area contributed by atoms with E-state index in [1.807, 2.05) is 66.7 Å². The van der Waals surface area contributed by atoms with Crippen LogP contribution >= 0.6 is 0 Å². The lowest BCUT2D eigenvalue weighted by molar-refractivity contribution is 0.0511. The van der Waals surface area contributed by atoms with Gasteiger partial charge in [0.1, 0.15) is 5.75 Å². The molecule has 3 rings (SSSR count). The Kier molecular flexibility index (Phi) is 11.4. The Bertz CT molecular complexity index is 1190. The summed E-state index contributed by atoms with van der Waals surface area (Å²) in [6.45, 7) is 0.799. The second kappa shape index (κ2) is 15.2. The highest BCUT2D eigenvalue weighted by Crippen LogP contribution is 2.38. The van der Waals surface area contributed by atoms with E-state index in [-0.39, 0.29) is 6.79 Å². The van der Waals surface area contributed by atoms with Crippen molar-refractivity contribution in [2.45, 2.75) is 12.8 Å². The van der Waals surface area contributed by atoms with Gasteiger partial charge in [0.15, 0.2) is 29.8 Å². The van der Waals surface area contributed by atoms with E-state index in [0.717, 1.165) is 35.3 Å². The normalized spacial score (nSPS) is 11.1. The van der Waals surface area contributed by atoms with Gasteiger partial charge in [0.05, 0.1) is 35.0 Å². The number of hydrogen-bond donors (Lipinski definition) is 0. The minimum atomic E-state index is 0.232. The summed E-state index contributed by atoms with van der Waals surface area (Å²) in [5.41, 5.74) is 2.97. The third-order valence-electron chi connectivity index (χ3n) is 5.63. The minimum absolute atomic E-state index is 0.232. The lowest BCUT2D eigenvalue weighted by Gasteiger charge is -2.13. The van der Waals surface area contributed by atoms with Crippen molar-refractivity contribution >= 4 is 18.2 Å². The number of hydrogen-bond acceptors (Lipinski definition) is 7. The smallest absolute Gasteiger partial charge is 0.203 e. The zero-order valence-electron chi connectivity index (χ0n) is 22.7. The predicted molar refractivity (Wildman–Crippen MR) is 151 cm³/mol. The molecule has 0 bridgehead atoms. The molecule has 0 saturated heterocycles. The van der Waals surface area contributed by atoms with Gasteiger partial charge in [-0.25, -0.2) is 0 Å². The summed E-state index contributed by atoms with van der Waals surface area (Å²) in [6, 6.07) is 17.5. The Hall–Kier alpha value is -4.10. The third kappa shape index (κ3) is 8.21. The topological polar surface area (TPSA) is 64.6 Å². The first-order valence-electron chi connectivity index (χ1n) is 12.3. The molecular formula is C31H36O7. The van der Waals surface area contributed by atoms with Crippen LogP contribution in [0.5, 0.6) is 34.5 Å². The Morgan fingerprint density at radius 2 is 1.29 bits per heavy atom. The second-order valence-electron chi connectivity index (χ2n) is 8.22. The van der Waals surface area contributed by atoms with E-state index >= 15 is 0 Å². The molecule has 0 aliphatic heterocycles. The molecule has 0 spiro atoms. The predicted octanol–water partition coefficient (Wildman–Crippen LogP) is 6.75. The molecule has 0 N–H and O–H groups in total. The molecule has 0 fully saturated rings. The number of rotatable bonds is 15. The molecule has 0 amide bonds. The van der Waals surface area contributed by atoms with Crippen LogP contribution in [0, 0.1) is 0 Å². The fraction of sp³-hybridized carbons (Fsp3) is 0.290. The molecule has 7 heteroatoms. The first-order valence-corrected chi connectivity index (χ1v) is 12.3. The van der Waals surface area contributed by atoms with Crippen molar-refractivity contribution in [1.82, 2.24) is 0 Å². The van der Waals surface area contributed by atoms with Crippen molar-refractivity contribution < 1.29 is 33.2 Å². The van der Waals surface area contributed by atoms with Crippen molar-refractivity contribution in [3.8, 4) is 34.5 Å². The number of ether oxygens (including phenoxy) is 7. The average Bonchev–Trinajstić information content (AvgIpc) is 2.96. The quantitative estimate of drug-likeness (QED) is 0.125. The van der Waals surface area contributed by atoms with Crippen LogP contribution < -0.4 is 28.4 Å². The zero-order valence-corrected chi connectivity index (χ0v) is 22.7. The highest BCUT2D eigenvalue weighted by atomic mass is 16.7. The molecule has 7 nitrogen and oxygen atoms in total. The van der Waals surface area contributed by atoms with E-state index in [0.29, 0.717) is 35.4 Å². The maximum absolute atomic E-state index is 6.06. The Morgan fingerprint density at radius 3 is 1.97 bits per heavy atom. The third-order valence-corrected chi connectivity index (χ3v) is 5.63. The van der Waals surface area contributed by atoms with Crippen molar-refractivity contribution in [1.29, 1.82) is 0 Å². The lowest BCUT2D eigenvalue weighted by atomic mass is 10.1. The summed E-state index contributed by atoms with van der Waals surface area (Å²) in [7, 11) is 8.03. The summed E-state index contributed by atoms with van der Waals surface area (Å²) in [5.74, 6) is 3.94. The van der Waals surface area contributed by atoms with Crippen LogP contribution in [-0.4, -0.2) is 48.9 Å². The maximum Gasteiger partial charge on any atom is 0.203 e. The van der Waals surface area contributed by atoms with Crippen LogP contribution in [0.25, 0.3) is 18.2 Å². The van der Waals surface area contributed by atoms with Crippen LogP contribution in [0.15, 0.2) is 60.7 Å². The molecule has 202 valence electrons. The molecule has 0 aliphatic carbocycles. The molecule has 0 aromatic heterocycles. The molecule has 0 radical (unpaired) electrons. The molecule has 0 aliphatic rings. The number of allylic oxidation sites excluding steroid dienone is 1. The Labute approximate surface area is 225 Å². The summed E-state index contributed by atoms with van der Waals surface area (Å²) >= 11 is 0. The number of benzene rings is 3. The van der Waals surface area contributed by atoms with Gasteiger partial charge in [-0.05, 0) is 65.9 Å². The van der Waals surface area contributed by atoms with Crippen molar-refractivity contribution in [3.05, 3.63) is 77.4 Å². The molecule has 3 aromatic carbocycles. The van der Waals surface area contributed by atoms with Crippen LogP contribution in [-0.2, 0) is 4.74 Å². The first kappa shape index (κ1) is 28.5. The van der Waals surface area contributed by atoms with E-state index < -0.39 is 0 Å². The molecule has 3 aromatic rings. The molecule has 0 saturated carbocycles. The molecule has 38 heavy (non-hydrogen) atoms. The standard InChI is InChI=1S/C31H36O7/c1-32-22-38-26-12-9-11-23(18-26)10-7-6-8-17-37-28-19-24(15-16-27(28)33-2)13-14-25-20-29(34-3)31(36-5)30(21-25)35-4/h7,9-16,18-21H,6,8,17,22H2,1-5H3/b10-7+,14-13-. The van der Waals surface area contributed by atoms with Gasteiger partial charge in [0.2, 0.25) is 5.75 Å². The molecule has 0 atom stereocenters.